The number of carbonyl (C=O) groups excluding carboxylic acids is 2. The summed E-state index contributed by atoms with van der Waals surface area (Å²) in [6.45, 7) is 1.95. The Bertz CT molecular complexity index is 1610. The summed E-state index contributed by atoms with van der Waals surface area (Å²) < 4.78 is 20.1. The minimum Gasteiger partial charge on any atom is -0.507 e. The molecule has 2 aliphatic rings. The number of fused-ring (bicyclic) bond motifs is 2. The number of ether oxygens (including phenoxy) is 1. The smallest absolute Gasteiger partial charge is 0.301 e. The van der Waals surface area contributed by atoms with E-state index in [-0.39, 0.29) is 22.6 Å². The molecule has 3 aromatic carbocycles. The Kier molecular flexibility index (Phi) is 5.31. The summed E-state index contributed by atoms with van der Waals surface area (Å²) >= 11 is 7.35. The number of nitrogens with zero attached hydrogens (tertiary/aromatic N) is 2. The lowest BCUT2D eigenvalue weighted by atomic mass is 9.94. The number of thiazole rings is 1. The van der Waals surface area contributed by atoms with E-state index in [2.05, 4.69) is 4.98 Å². The second-order valence-electron chi connectivity index (χ2n) is 8.79. The number of aliphatic hydroxyl groups excluding tert-OH is 1. The Hall–Kier alpha value is -3.75. The van der Waals surface area contributed by atoms with E-state index in [1.54, 1.807) is 42.5 Å². The molecule has 36 heavy (non-hydrogen) atoms. The molecule has 0 spiro atoms. The standard InChI is InChI=1S/C27H18ClFN2O4S/c1-13-9-16-10-15(5-8-20(16)35-13)24(32)22-23(14-3-2-4-17(28)11-14)31(26(34)25(22)33)27-30-19-7-6-18(29)12-21(19)36-27/h2-8,10-13,23,32H,9H2,1H3/b24-22+/t13-,23+/m1/s1. The highest BCUT2D eigenvalue weighted by atomic mass is 35.5. The Morgan fingerprint density at radius 1 is 1.17 bits per heavy atom. The number of halogens is 2. The van der Waals surface area contributed by atoms with Crippen LogP contribution in [0.1, 0.15) is 29.7 Å². The maximum absolute atomic E-state index is 13.8. The summed E-state index contributed by atoms with van der Waals surface area (Å²) in [5.74, 6) is -1.67. The minimum absolute atomic E-state index is 0.0123. The highest BCUT2D eigenvalue weighted by Gasteiger charge is 2.48. The van der Waals surface area contributed by atoms with E-state index in [4.69, 9.17) is 16.3 Å². The van der Waals surface area contributed by atoms with Crippen LogP contribution in [0.5, 0.6) is 5.75 Å². The minimum atomic E-state index is -0.975. The third kappa shape index (κ3) is 3.65. The van der Waals surface area contributed by atoms with Crippen LogP contribution < -0.4 is 9.64 Å². The number of anilines is 1. The van der Waals surface area contributed by atoms with Crippen LogP contribution in [0.25, 0.3) is 16.0 Å². The number of ketones is 1. The van der Waals surface area contributed by atoms with Crippen LogP contribution in [0, 0.1) is 5.82 Å². The molecule has 0 aliphatic carbocycles. The topological polar surface area (TPSA) is 79.7 Å². The molecule has 1 amide bonds. The van der Waals surface area contributed by atoms with Crippen LogP contribution in [-0.2, 0) is 16.0 Å². The first kappa shape index (κ1) is 22.7. The maximum Gasteiger partial charge on any atom is 0.301 e. The van der Waals surface area contributed by atoms with E-state index in [0.29, 0.717) is 32.8 Å². The van der Waals surface area contributed by atoms with Gasteiger partial charge in [-0.05, 0) is 66.6 Å². The predicted octanol–water partition coefficient (Wildman–Crippen LogP) is 6.04. The number of hydrogen-bond donors (Lipinski definition) is 1. The second-order valence-corrected chi connectivity index (χ2v) is 10.2. The lowest BCUT2D eigenvalue weighted by Crippen LogP contribution is -2.29. The molecule has 180 valence electrons. The first-order valence-electron chi connectivity index (χ1n) is 11.2. The Morgan fingerprint density at radius 3 is 2.81 bits per heavy atom. The van der Waals surface area contributed by atoms with Crippen molar-refractivity contribution in [3.8, 4) is 5.75 Å². The molecular formula is C27H18ClFN2O4S. The van der Waals surface area contributed by atoms with Crippen LogP contribution in [0.15, 0.2) is 66.2 Å². The van der Waals surface area contributed by atoms with Crippen LogP contribution in [-0.4, -0.2) is 27.9 Å². The summed E-state index contributed by atoms with van der Waals surface area (Å²) in [6.07, 6.45) is 0.684. The van der Waals surface area contributed by atoms with Gasteiger partial charge in [0, 0.05) is 17.0 Å². The number of carbonyl (C=O) groups is 2. The van der Waals surface area contributed by atoms with Gasteiger partial charge in [-0.3, -0.25) is 14.5 Å². The number of amides is 1. The number of aromatic nitrogens is 1. The molecule has 1 saturated heterocycles. The average Bonchev–Trinajstić information content (AvgIpc) is 3.50. The van der Waals surface area contributed by atoms with Gasteiger partial charge in [0.1, 0.15) is 23.4 Å². The SMILES string of the molecule is C[C@@H]1Cc2cc(/C(O)=C3\C(=O)C(=O)N(c4nc5ccc(F)cc5s4)[C@H]3c3cccc(Cl)c3)ccc2O1. The van der Waals surface area contributed by atoms with Gasteiger partial charge < -0.3 is 9.84 Å². The van der Waals surface area contributed by atoms with Crippen LogP contribution in [0.4, 0.5) is 9.52 Å². The number of aliphatic hydroxyl groups is 1. The molecule has 0 saturated carbocycles. The normalized spacial score (nSPS) is 20.7. The molecule has 0 radical (unpaired) electrons. The Morgan fingerprint density at radius 2 is 2.00 bits per heavy atom. The second kappa shape index (κ2) is 8.43. The highest BCUT2D eigenvalue weighted by Crippen LogP contribution is 2.45. The molecule has 4 aromatic rings. The van der Waals surface area contributed by atoms with E-state index in [0.717, 1.165) is 22.6 Å². The van der Waals surface area contributed by atoms with Crippen molar-refractivity contribution in [3.63, 3.8) is 0 Å². The van der Waals surface area contributed by atoms with Crippen molar-refractivity contribution >= 4 is 55.7 Å². The maximum atomic E-state index is 13.8. The van der Waals surface area contributed by atoms with Gasteiger partial charge in [0.2, 0.25) is 0 Å². The molecule has 0 bridgehead atoms. The summed E-state index contributed by atoms with van der Waals surface area (Å²) in [7, 11) is 0. The lowest BCUT2D eigenvalue weighted by Gasteiger charge is -2.23. The predicted molar refractivity (Wildman–Crippen MR) is 136 cm³/mol. The molecule has 9 heteroatoms. The molecule has 1 fully saturated rings. The van der Waals surface area contributed by atoms with Crippen molar-refractivity contribution < 1.29 is 23.8 Å². The van der Waals surface area contributed by atoms with Crippen LogP contribution in [0.2, 0.25) is 5.02 Å². The van der Waals surface area contributed by atoms with Crippen molar-refractivity contribution in [2.45, 2.75) is 25.5 Å². The summed E-state index contributed by atoms with van der Waals surface area (Å²) in [5.41, 5.74) is 2.28. The zero-order chi connectivity index (χ0) is 25.1. The molecule has 1 aromatic heterocycles. The monoisotopic (exact) mass is 520 g/mol. The van der Waals surface area contributed by atoms with Gasteiger partial charge in [-0.2, -0.15) is 0 Å². The average molecular weight is 521 g/mol. The number of hydrogen-bond acceptors (Lipinski definition) is 6. The van der Waals surface area contributed by atoms with Gasteiger partial charge in [0.25, 0.3) is 5.78 Å². The molecule has 2 aliphatic heterocycles. The van der Waals surface area contributed by atoms with Crippen LogP contribution in [0.3, 0.4) is 0 Å². The number of rotatable bonds is 3. The molecule has 6 nitrogen and oxygen atoms in total. The zero-order valence-electron chi connectivity index (χ0n) is 18.9. The van der Waals surface area contributed by atoms with Gasteiger partial charge in [0.15, 0.2) is 5.13 Å². The third-order valence-corrected chi connectivity index (χ3v) is 7.58. The molecule has 6 rings (SSSR count). The van der Waals surface area contributed by atoms with E-state index in [1.807, 2.05) is 6.92 Å². The van der Waals surface area contributed by atoms with Gasteiger partial charge >= 0.3 is 5.91 Å². The van der Waals surface area contributed by atoms with Crippen molar-refractivity contribution in [1.82, 2.24) is 4.98 Å². The molecular weight excluding hydrogens is 503 g/mol. The fourth-order valence-corrected chi connectivity index (χ4v) is 5.95. The summed E-state index contributed by atoms with van der Waals surface area (Å²) in [5, 5.41) is 12.0. The fraction of sp³-hybridized carbons (Fsp3) is 0.148. The largest absolute Gasteiger partial charge is 0.507 e. The van der Waals surface area contributed by atoms with Crippen molar-refractivity contribution in [2.24, 2.45) is 0 Å². The zero-order valence-corrected chi connectivity index (χ0v) is 20.4. The van der Waals surface area contributed by atoms with Gasteiger partial charge in [0.05, 0.1) is 21.8 Å². The fourth-order valence-electron chi connectivity index (χ4n) is 4.74. The molecule has 0 unspecified atom stereocenters. The van der Waals surface area contributed by atoms with E-state index >= 15 is 0 Å². The van der Waals surface area contributed by atoms with E-state index < -0.39 is 23.5 Å². The highest BCUT2D eigenvalue weighted by molar-refractivity contribution is 7.22. The number of Topliss-reactive ketones (excluding diaryl/α,β-unsaturated/α-hetero) is 1. The number of benzene rings is 3. The van der Waals surface area contributed by atoms with Crippen molar-refractivity contribution in [3.05, 3.63) is 93.8 Å². The van der Waals surface area contributed by atoms with Gasteiger partial charge in [-0.1, -0.05) is 35.1 Å². The van der Waals surface area contributed by atoms with Gasteiger partial charge in [-0.25, -0.2) is 9.37 Å². The molecule has 1 N–H and O–H groups in total. The summed E-state index contributed by atoms with van der Waals surface area (Å²) in [4.78, 5) is 32.5. The first-order valence-corrected chi connectivity index (χ1v) is 12.4. The van der Waals surface area contributed by atoms with Crippen LogP contribution >= 0.6 is 22.9 Å². The van der Waals surface area contributed by atoms with E-state index in [1.165, 1.54) is 23.1 Å². The van der Waals surface area contributed by atoms with Crippen molar-refractivity contribution in [1.29, 1.82) is 0 Å². The third-order valence-electron chi connectivity index (χ3n) is 6.32. The Labute approximate surface area is 214 Å². The molecule has 3 heterocycles. The summed E-state index contributed by atoms with van der Waals surface area (Å²) in [6, 6.07) is 15.1. The first-order chi connectivity index (χ1) is 17.3. The Balaban J connectivity index is 1.54. The quantitative estimate of drug-likeness (QED) is 0.202. The van der Waals surface area contributed by atoms with E-state index in [9.17, 15) is 19.1 Å². The van der Waals surface area contributed by atoms with Gasteiger partial charge in [-0.15, -0.1) is 0 Å². The van der Waals surface area contributed by atoms with Crippen molar-refractivity contribution in [2.75, 3.05) is 4.90 Å². The lowest BCUT2D eigenvalue weighted by molar-refractivity contribution is -0.132. The molecule has 2 atom stereocenters.